The van der Waals surface area contributed by atoms with Crippen molar-refractivity contribution in [2.24, 2.45) is 11.7 Å². The Balaban J connectivity index is 3.30. The molecule has 0 aromatic heterocycles. The van der Waals surface area contributed by atoms with Crippen molar-refractivity contribution >= 4 is 5.91 Å². The van der Waals surface area contributed by atoms with E-state index in [-0.39, 0.29) is 11.8 Å². The zero-order valence-corrected chi connectivity index (χ0v) is 9.92. The van der Waals surface area contributed by atoms with Crippen LogP contribution in [-0.4, -0.2) is 32.2 Å². The van der Waals surface area contributed by atoms with Crippen molar-refractivity contribution in [2.45, 2.75) is 33.1 Å². The summed E-state index contributed by atoms with van der Waals surface area (Å²) in [5.74, 6) is 0.113. The molecule has 0 radical (unpaired) electrons. The fraction of sp³-hybridized carbons (Fsp3) is 0.909. The van der Waals surface area contributed by atoms with Gasteiger partial charge in [-0.1, -0.05) is 13.8 Å². The van der Waals surface area contributed by atoms with Crippen molar-refractivity contribution < 1.29 is 9.53 Å². The standard InChI is InChI=1S/C11H24N2O2/c1-3-8-15-9-4-7-13-11(14)10(2)5-6-12/h10H,3-9,12H2,1-2H3,(H,13,14). The van der Waals surface area contributed by atoms with Crippen LogP contribution in [0.15, 0.2) is 0 Å². The third kappa shape index (κ3) is 8.39. The van der Waals surface area contributed by atoms with E-state index in [9.17, 15) is 4.79 Å². The lowest BCUT2D eigenvalue weighted by Crippen LogP contribution is -2.31. The highest BCUT2D eigenvalue weighted by atomic mass is 16.5. The second kappa shape index (κ2) is 9.93. The molecular weight excluding hydrogens is 192 g/mol. The minimum atomic E-state index is 0.0200. The van der Waals surface area contributed by atoms with Crippen molar-refractivity contribution in [3.63, 3.8) is 0 Å². The molecule has 90 valence electrons. The molecule has 15 heavy (non-hydrogen) atoms. The van der Waals surface area contributed by atoms with E-state index in [0.29, 0.717) is 13.1 Å². The number of carbonyl (C=O) groups is 1. The maximum absolute atomic E-state index is 11.4. The molecule has 0 aromatic rings. The van der Waals surface area contributed by atoms with E-state index in [1.807, 2.05) is 6.92 Å². The average Bonchev–Trinajstić information content (AvgIpc) is 2.23. The monoisotopic (exact) mass is 216 g/mol. The molecule has 0 spiro atoms. The van der Waals surface area contributed by atoms with Crippen LogP contribution in [0, 0.1) is 5.92 Å². The number of carbonyl (C=O) groups excluding carboxylic acids is 1. The summed E-state index contributed by atoms with van der Waals surface area (Å²) in [6, 6.07) is 0. The second-order valence-corrected chi connectivity index (χ2v) is 3.74. The van der Waals surface area contributed by atoms with Crippen LogP contribution in [0.4, 0.5) is 0 Å². The van der Waals surface area contributed by atoms with Gasteiger partial charge in [-0.25, -0.2) is 0 Å². The Morgan fingerprint density at radius 2 is 2.20 bits per heavy atom. The van der Waals surface area contributed by atoms with Crippen molar-refractivity contribution in [2.75, 3.05) is 26.3 Å². The van der Waals surface area contributed by atoms with Gasteiger partial charge in [0.25, 0.3) is 0 Å². The number of amides is 1. The number of rotatable bonds is 9. The minimum absolute atomic E-state index is 0.0200. The van der Waals surface area contributed by atoms with Gasteiger partial charge in [0.1, 0.15) is 0 Å². The number of nitrogens with one attached hydrogen (secondary N) is 1. The largest absolute Gasteiger partial charge is 0.381 e. The van der Waals surface area contributed by atoms with Crippen molar-refractivity contribution in [3.8, 4) is 0 Å². The topological polar surface area (TPSA) is 64.3 Å². The van der Waals surface area contributed by atoms with Gasteiger partial charge < -0.3 is 15.8 Å². The normalized spacial score (nSPS) is 12.5. The Morgan fingerprint density at radius 1 is 1.47 bits per heavy atom. The number of hydrogen-bond acceptors (Lipinski definition) is 3. The smallest absolute Gasteiger partial charge is 0.222 e. The molecule has 0 rings (SSSR count). The Hall–Kier alpha value is -0.610. The number of nitrogens with two attached hydrogens (primary N) is 1. The lowest BCUT2D eigenvalue weighted by molar-refractivity contribution is -0.124. The van der Waals surface area contributed by atoms with E-state index in [2.05, 4.69) is 12.2 Å². The summed E-state index contributed by atoms with van der Waals surface area (Å²) in [5.41, 5.74) is 5.38. The molecule has 0 saturated carbocycles. The predicted octanol–water partition coefficient (Wildman–Crippen LogP) is 0.904. The zero-order chi connectivity index (χ0) is 11.5. The molecule has 1 amide bonds. The molecule has 0 fully saturated rings. The highest BCUT2D eigenvalue weighted by molar-refractivity contribution is 5.78. The first-order valence-corrected chi connectivity index (χ1v) is 5.77. The minimum Gasteiger partial charge on any atom is -0.381 e. The van der Waals surface area contributed by atoms with Crippen molar-refractivity contribution in [1.29, 1.82) is 0 Å². The van der Waals surface area contributed by atoms with Crippen LogP contribution in [0.5, 0.6) is 0 Å². The Bertz CT molecular complexity index is 163. The van der Waals surface area contributed by atoms with Crippen LogP contribution in [0.1, 0.15) is 33.1 Å². The van der Waals surface area contributed by atoms with E-state index in [1.54, 1.807) is 0 Å². The fourth-order valence-electron chi connectivity index (χ4n) is 1.19. The lowest BCUT2D eigenvalue weighted by Gasteiger charge is -2.10. The Kier molecular flexibility index (Phi) is 9.52. The maximum Gasteiger partial charge on any atom is 0.222 e. The van der Waals surface area contributed by atoms with Crippen LogP contribution in [0.25, 0.3) is 0 Å². The molecule has 4 nitrogen and oxygen atoms in total. The predicted molar refractivity (Wildman–Crippen MR) is 61.6 cm³/mol. The molecule has 1 unspecified atom stereocenters. The molecule has 0 bridgehead atoms. The third-order valence-corrected chi connectivity index (χ3v) is 2.16. The molecule has 0 aromatic carbocycles. The SMILES string of the molecule is CCCOCCCNC(=O)C(C)CCN. The number of ether oxygens (including phenoxy) is 1. The number of hydrogen-bond donors (Lipinski definition) is 2. The molecule has 0 aliphatic rings. The zero-order valence-electron chi connectivity index (χ0n) is 9.92. The Morgan fingerprint density at radius 3 is 2.80 bits per heavy atom. The van der Waals surface area contributed by atoms with Gasteiger partial charge in [0, 0.05) is 25.7 Å². The fourth-order valence-corrected chi connectivity index (χ4v) is 1.19. The molecule has 4 heteroatoms. The van der Waals surface area contributed by atoms with E-state index in [4.69, 9.17) is 10.5 Å². The van der Waals surface area contributed by atoms with E-state index in [0.717, 1.165) is 32.5 Å². The summed E-state index contributed by atoms with van der Waals surface area (Å²) in [6.45, 7) is 6.76. The van der Waals surface area contributed by atoms with Crippen LogP contribution in [-0.2, 0) is 9.53 Å². The summed E-state index contributed by atoms with van der Waals surface area (Å²) in [7, 11) is 0. The van der Waals surface area contributed by atoms with Gasteiger partial charge in [-0.15, -0.1) is 0 Å². The highest BCUT2D eigenvalue weighted by Crippen LogP contribution is 1.99. The van der Waals surface area contributed by atoms with Gasteiger partial charge in [-0.2, -0.15) is 0 Å². The summed E-state index contributed by atoms with van der Waals surface area (Å²) in [5, 5.41) is 2.87. The molecule has 0 aliphatic heterocycles. The lowest BCUT2D eigenvalue weighted by atomic mass is 10.1. The first-order valence-electron chi connectivity index (χ1n) is 5.77. The molecule has 0 heterocycles. The average molecular weight is 216 g/mol. The van der Waals surface area contributed by atoms with Gasteiger partial charge in [0.05, 0.1) is 0 Å². The third-order valence-electron chi connectivity index (χ3n) is 2.16. The highest BCUT2D eigenvalue weighted by Gasteiger charge is 2.10. The summed E-state index contributed by atoms with van der Waals surface area (Å²) < 4.78 is 5.30. The van der Waals surface area contributed by atoms with E-state index in [1.165, 1.54) is 0 Å². The summed E-state index contributed by atoms with van der Waals surface area (Å²) in [6.07, 6.45) is 2.67. The first-order chi connectivity index (χ1) is 7.22. The maximum atomic E-state index is 11.4. The second-order valence-electron chi connectivity index (χ2n) is 3.74. The van der Waals surface area contributed by atoms with Gasteiger partial charge in [-0.05, 0) is 25.8 Å². The molecular formula is C11H24N2O2. The van der Waals surface area contributed by atoms with Crippen LogP contribution >= 0.6 is 0 Å². The Labute approximate surface area is 92.6 Å². The molecule has 1 atom stereocenters. The molecule has 3 N–H and O–H groups in total. The van der Waals surface area contributed by atoms with E-state index < -0.39 is 0 Å². The van der Waals surface area contributed by atoms with Crippen LogP contribution in [0.2, 0.25) is 0 Å². The summed E-state index contributed by atoms with van der Waals surface area (Å²) in [4.78, 5) is 11.4. The van der Waals surface area contributed by atoms with Crippen LogP contribution < -0.4 is 11.1 Å². The van der Waals surface area contributed by atoms with Crippen molar-refractivity contribution in [3.05, 3.63) is 0 Å². The van der Waals surface area contributed by atoms with Gasteiger partial charge in [-0.3, -0.25) is 4.79 Å². The van der Waals surface area contributed by atoms with Gasteiger partial charge in [0.2, 0.25) is 5.91 Å². The summed E-state index contributed by atoms with van der Waals surface area (Å²) >= 11 is 0. The van der Waals surface area contributed by atoms with E-state index >= 15 is 0 Å². The first kappa shape index (κ1) is 14.4. The quantitative estimate of drug-likeness (QED) is 0.563. The molecule has 0 aliphatic carbocycles. The van der Waals surface area contributed by atoms with Gasteiger partial charge >= 0.3 is 0 Å². The van der Waals surface area contributed by atoms with Crippen molar-refractivity contribution in [1.82, 2.24) is 5.32 Å². The van der Waals surface area contributed by atoms with Crippen LogP contribution in [0.3, 0.4) is 0 Å². The van der Waals surface area contributed by atoms with Gasteiger partial charge in [0.15, 0.2) is 0 Å². The molecule has 0 saturated heterocycles.